The predicted molar refractivity (Wildman–Crippen MR) is 63.0 cm³/mol. The van der Waals surface area contributed by atoms with Crippen LogP contribution in [-0.2, 0) is 4.79 Å². The molecule has 88 valence electrons. The zero-order chi connectivity index (χ0) is 12.3. The van der Waals surface area contributed by atoms with Crippen molar-refractivity contribution in [3.63, 3.8) is 0 Å². The Morgan fingerprint density at radius 3 is 2.29 bits per heavy atom. The highest BCUT2D eigenvalue weighted by atomic mass is 16.4. The molecule has 1 aromatic heterocycles. The summed E-state index contributed by atoms with van der Waals surface area (Å²) < 4.78 is 1.42. The molecule has 0 saturated heterocycles. The van der Waals surface area contributed by atoms with Gasteiger partial charge in [-0.3, -0.25) is 9.36 Å². The summed E-state index contributed by atoms with van der Waals surface area (Å²) in [4.78, 5) is 22.0. The Kier molecular flexibility index (Phi) is 3.09. The third-order valence-electron chi connectivity index (χ3n) is 2.40. The summed E-state index contributed by atoms with van der Waals surface area (Å²) in [6.45, 7) is 0.128. The smallest absolute Gasteiger partial charge is 0.325 e. The van der Waals surface area contributed by atoms with Gasteiger partial charge in [-0.1, -0.05) is 24.3 Å². The quantitative estimate of drug-likeness (QED) is 0.845. The number of fused-ring (bicyclic) bond motifs is 1. The van der Waals surface area contributed by atoms with Gasteiger partial charge in [0.2, 0.25) is 0 Å². The molecular weight excluding hydrogens is 220 g/mol. The number of amides is 1. The summed E-state index contributed by atoms with van der Waals surface area (Å²) in [6.07, 6.45) is 3.35. The normalized spacial score (nSPS) is 10.4. The van der Waals surface area contributed by atoms with E-state index in [1.807, 2.05) is 24.3 Å². The lowest BCUT2D eigenvalue weighted by Gasteiger charge is -2.02. The molecule has 0 unspecified atom stereocenters. The number of hydrogen-bond acceptors (Lipinski definition) is 2. The van der Waals surface area contributed by atoms with Crippen LogP contribution in [0.25, 0.3) is 10.8 Å². The Hall–Kier alpha value is -2.30. The van der Waals surface area contributed by atoms with E-state index < -0.39 is 5.97 Å². The van der Waals surface area contributed by atoms with E-state index in [9.17, 15) is 9.59 Å². The van der Waals surface area contributed by atoms with Crippen molar-refractivity contribution in [3.8, 4) is 0 Å². The van der Waals surface area contributed by atoms with Crippen LogP contribution in [0.15, 0.2) is 36.7 Å². The van der Waals surface area contributed by atoms with Gasteiger partial charge in [-0.2, -0.15) is 0 Å². The number of carboxylic acid groups (broad SMARTS) is 1. The monoisotopic (exact) mass is 232 g/mol. The van der Waals surface area contributed by atoms with Gasteiger partial charge in [0.1, 0.15) is 0 Å². The maximum absolute atomic E-state index is 11.7. The summed E-state index contributed by atoms with van der Waals surface area (Å²) >= 11 is 0. The van der Waals surface area contributed by atoms with E-state index in [0.717, 1.165) is 10.8 Å². The third-order valence-corrected chi connectivity index (χ3v) is 2.40. The molecule has 5 heteroatoms. The second kappa shape index (κ2) is 4.69. The standard InChI is InChI=1S/C12H12N2O3/c15-11(16)5-6-13-12(17)14-7-9-3-1-2-4-10(9)8-14/h1-4,7-8H,5-6H2,(H,13,17)(H,15,16). The van der Waals surface area contributed by atoms with Crippen LogP contribution in [-0.4, -0.2) is 28.2 Å². The molecule has 2 aromatic rings. The number of nitrogens with one attached hydrogen (secondary N) is 1. The molecule has 1 heterocycles. The number of benzene rings is 1. The van der Waals surface area contributed by atoms with E-state index in [-0.39, 0.29) is 19.0 Å². The Morgan fingerprint density at radius 2 is 1.76 bits per heavy atom. The largest absolute Gasteiger partial charge is 0.481 e. The molecule has 0 aliphatic carbocycles. The van der Waals surface area contributed by atoms with Crippen LogP contribution in [0.3, 0.4) is 0 Å². The van der Waals surface area contributed by atoms with Gasteiger partial charge in [0.05, 0.1) is 6.42 Å². The molecule has 17 heavy (non-hydrogen) atoms. The Balaban J connectivity index is 2.06. The number of hydrogen-bond donors (Lipinski definition) is 2. The fraction of sp³-hybridized carbons (Fsp3) is 0.167. The number of aliphatic carboxylic acids is 1. The number of carbonyl (C=O) groups is 2. The van der Waals surface area contributed by atoms with E-state index in [4.69, 9.17) is 5.11 Å². The lowest BCUT2D eigenvalue weighted by atomic mass is 10.2. The number of carboxylic acids is 1. The van der Waals surface area contributed by atoms with Gasteiger partial charge in [0, 0.05) is 18.9 Å². The van der Waals surface area contributed by atoms with Crippen molar-refractivity contribution in [2.75, 3.05) is 6.54 Å². The van der Waals surface area contributed by atoms with Crippen LogP contribution in [0.1, 0.15) is 6.42 Å². The summed E-state index contributed by atoms with van der Waals surface area (Å²) in [6, 6.07) is 7.30. The van der Waals surface area contributed by atoms with Crippen LogP contribution in [0.4, 0.5) is 4.79 Å². The van der Waals surface area contributed by atoms with Crippen molar-refractivity contribution in [3.05, 3.63) is 36.7 Å². The highest BCUT2D eigenvalue weighted by Gasteiger charge is 2.06. The highest BCUT2D eigenvalue weighted by Crippen LogP contribution is 2.13. The molecule has 5 nitrogen and oxygen atoms in total. The van der Waals surface area contributed by atoms with Crippen molar-refractivity contribution in [1.29, 1.82) is 0 Å². The maximum Gasteiger partial charge on any atom is 0.325 e. The number of nitrogens with zero attached hydrogens (tertiary/aromatic N) is 1. The van der Waals surface area contributed by atoms with Crippen molar-refractivity contribution in [2.24, 2.45) is 0 Å². The lowest BCUT2D eigenvalue weighted by Crippen LogP contribution is -2.29. The number of rotatable bonds is 3. The van der Waals surface area contributed by atoms with E-state index in [0.29, 0.717) is 0 Å². The molecular formula is C12H12N2O3. The fourth-order valence-electron chi connectivity index (χ4n) is 1.57. The van der Waals surface area contributed by atoms with Gasteiger partial charge in [0.15, 0.2) is 0 Å². The molecule has 1 amide bonds. The molecule has 0 aliphatic rings. The van der Waals surface area contributed by atoms with Crippen LogP contribution >= 0.6 is 0 Å². The summed E-state index contributed by atoms with van der Waals surface area (Å²) in [5, 5.41) is 12.9. The van der Waals surface area contributed by atoms with Crippen LogP contribution in [0.2, 0.25) is 0 Å². The molecule has 0 spiro atoms. The minimum atomic E-state index is -0.928. The molecule has 2 N–H and O–H groups in total. The molecule has 1 aromatic carbocycles. The first-order valence-corrected chi connectivity index (χ1v) is 5.23. The zero-order valence-electron chi connectivity index (χ0n) is 9.09. The van der Waals surface area contributed by atoms with Crippen LogP contribution in [0.5, 0.6) is 0 Å². The van der Waals surface area contributed by atoms with Gasteiger partial charge in [-0.05, 0) is 10.8 Å². The molecule has 0 saturated carbocycles. The van der Waals surface area contributed by atoms with Crippen molar-refractivity contribution < 1.29 is 14.7 Å². The molecule has 0 fully saturated rings. The van der Waals surface area contributed by atoms with Crippen molar-refractivity contribution >= 4 is 22.8 Å². The van der Waals surface area contributed by atoms with E-state index in [2.05, 4.69) is 5.32 Å². The Bertz CT molecular complexity index is 527. The molecule has 0 radical (unpaired) electrons. The average molecular weight is 232 g/mol. The molecule has 2 rings (SSSR count). The van der Waals surface area contributed by atoms with Crippen molar-refractivity contribution in [1.82, 2.24) is 9.88 Å². The number of carbonyl (C=O) groups excluding carboxylic acids is 1. The Labute approximate surface area is 97.7 Å². The summed E-state index contributed by atoms with van der Waals surface area (Å²) in [7, 11) is 0. The minimum Gasteiger partial charge on any atom is -0.481 e. The zero-order valence-corrected chi connectivity index (χ0v) is 9.09. The van der Waals surface area contributed by atoms with Crippen molar-refractivity contribution in [2.45, 2.75) is 6.42 Å². The SMILES string of the molecule is O=C(O)CCNC(=O)n1cc2ccccc2c1. The first kappa shape index (κ1) is 11.2. The van der Waals surface area contributed by atoms with Gasteiger partial charge in [-0.15, -0.1) is 0 Å². The second-order valence-corrected chi connectivity index (χ2v) is 3.67. The average Bonchev–Trinajstić information content (AvgIpc) is 2.71. The topological polar surface area (TPSA) is 71.3 Å². The minimum absolute atomic E-state index is 0.0769. The number of aromatic nitrogens is 1. The summed E-state index contributed by atoms with van der Waals surface area (Å²) in [5.74, 6) is -0.928. The predicted octanol–water partition coefficient (Wildman–Crippen LogP) is 1.67. The highest BCUT2D eigenvalue weighted by molar-refractivity contribution is 5.88. The van der Waals surface area contributed by atoms with Gasteiger partial charge >= 0.3 is 12.0 Å². The van der Waals surface area contributed by atoms with E-state index in [1.54, 1.807) is 12.4 Å². The van der Waals surface area contributed by atoms with Gasteiger partial charge in [0.25, 0.3) is 0 Å². The Morgan fingerprint density at radius 1 is 1.18 bits per heavy atom. The molecule has 0 bridgehead atoms. The second-order valence-electron chi connectivity index (χ2n) is 3.67. The first-order valence-electron chi connectivity index (χ1n) is 5.23. The van der Waals surface area contributed by atoms with Crippen LogP contribution < -0.4 is 5.32 Å². The van der Waals surface area contributed by atoms with Crippen LogP contribution in [0, 0.1) is 0 Å². The summed E-state index contributed by atoms with van der Waals surface area (Å²) in [5.41, 5.74) is 0. The third kappa shape index (κ3) is 2.63. The fourth-order valence-corrected chi connectivity index (χ4v) is 1.57. The maximum atomic E-state index is 11.7. The first-order chi connectivity index (χ1) is 8.16. The molecule has 0 aliphatic heterocycles. The van der Waals surface area contributed by atoms with Gasteiger partial charge in [-0.25, -0.2) is 4.79 Å². The van der Waals surface area contributed by atoms with E-state index >= 15 is 0 Å². The van der Waals surface area contributed by atoms with Gasteiger partial charge < -0.3 is 10.4 Å². The molecule has 0 atom stereocenters. The van der Waals surface area contributed by atoms with E-state index in [1.165, 1.54) is 4.57 Å². The lowest BCUT2D eigenvalue weighted by molar-refractivity contribution is -0.136.